The van der Waals surface area contributed by atoms with Gasteiger partial charge in [0.25, 0.3) is 0 Å². The zero-order valence-electron chi connectivity index (χ0n) is 10.0. The highest BCUT2D eigenvalue weighted by molar-refractivity contribution is 6.29. The lowest BCUT2D eigenvalue weighted by Crippen LogP contribution is -2.30. The van der Waals surface area contributed by atoms with Crippen LogP contribution in [0.5, 0.6) is 0 Å². The first kappa shape index (κ1) is 12.5. The van der Waals surface area contributed by atoms with Crippen LogP contribution >= 0.6 is 11.6 Å². The summed E-state index contributed by atoms with van der Waals surface area (Å²) in [6.45, 7) is 2.70. The Kier molecular flexibility index (Phi) is 4.07. The predicted molar refractivity (Wildman–Crippen MR) is 70.5 cm³/mol. The molecule has 2 N–H and O–H groups in total. The molecule has 0 atom stereocenters. The number of rotatable bonds is 3. The van der Waals surface area contributed by atoms with E-state index in [0.717, 1.165) is 38.4 Å². The maximum absolute atomic E-state index is 5.90. The molecule has 2 heterocycles. The molecule has 1 aromatic heterocycles. The summed E-state index contributed by atoms with van der Waals surface area (Å²) in [5, 5.41) is 0.443. The molecule has 1 aliphatic heterocycles. The number of hydrogen-bond acceptors (Lipinski definition) is 4. The molecule has 0 aromatic carbocycles. The van der Waals surface area contributed by atoms with Crippen molar-refractivity contribution in [3.63, 3.8) is 0 Å². The summed E-state index contributed by atoms with van der Waals surface area (Å²) in [5.41, 5.74) is 6.41. The number of halogens is 1. The molecule has 0 saturated carbocycles. The largest absolute Gasteiger partial charge is 0.399 e. The molecule has 1 fully saturated rings. The highest BCUT2D eigenvalue weighted by Gasteiger charge is 2.16. The molecule has 0 radical (unpaired) electrons. The standard InChI is InChI=1S/C12H18ClN3O/c1-16(8-9-2-4-17-5-3-9)12-7-10(14)6-11(13)15-12/h6-7,9H,2-5,8H2,1H3,(H2,14,15). The van der Waals surface area contributed by atoms with Crippen molar-refractivity contribution in [2.24, 2.45) is 5.92 Å². The SMILES string of the molecule is CN(CC1CCOCC1)c1cc(N)cc(Cl)n1. The lowest BCUT2D eigenvalue weighted by atomic mass is 10.00. The molecule has 94 valence electrons. The Morgan fingerprint density at radius 1 is 1.47 bits per heavy atom. The van der Waals surface area contributed by atoms with E-state index in [4.69, 9.17) is 22.1 Å². The maximum Gasteiger partial charge on any atom is 0.133 e. The zero-order chi connectivity index (χ0) is 12.3. The van der Waals surface area contributed by atoms with Gasteiger partial charge in [-0.1, -0.05) is 11.6 Å². The van der Waals surface area contributed by atoms with Crippen LogP contribution in [0.2, 0.25) is 5.15 Å². The Morgan fingerprint density at radius 3 is 2.82 bits per heavy atom. The number of nitrogen functional groups attached to an aromatic ring is 1. The third-order valence-corrected chi connectivity index (χ3v) is 3.26. The minimum Gasteiger partial charge on any atom is -0.399 e. The van der Waals surface area contributed by atoms with Crippen molar-refractivity contribution < 1.29 is 4.74 Å². The zero-order valence-corrected chi connectivity index (χ0v) is 10.8. The normalized spacial score (nSPS) is 17.1. The van der Waals surface area contributed by atoms with Crippen LogP contribution in [0.4, 0.5) is 11.5 Å². The molecule has 5 heteroatoms. The van der Waals surface area contributed by atoms with Crippen molar-refractivity contribution in [2.45, 2.75) is 12.8 Å². The summed E-state index contributed by atoms with van der Waals surface area (Å²) in [6.07, 6.45) is 2.22. The first-order chi connectivity index (χ1) is 8.15. The van der Waals surface area contributed by atoms with Crippen LogP contribution in [-0.2, 0) is 4.74 Å². The average molecular weight is 256 g/mol. The highest BCUT2D eigenvalue weighted by Crippen LogP contribution is 2.22. The molecule has 1 aromatic rings. The van der Waals surface area contributed by atoms with E-state index in [1.165, 1.54) is 0 Å². The molecular weight excluding hydrogens is 238 g/mol. The molecule has 0 unspecified atom stereocenters. The van der Waals surface area contributed by atoms with E-state index in [1.807, 2.05) is 13.1 Å². The van der Waals surface area contributed by atoms with E-state index in [0.29, 0.717) is 16.8 Å². The van der Waals surface area contributed by atoms with Crippen LogP contribution in [0.25, 0.3) is 0 Å². The first-order valence-electron chi connectivity index (χ1n) is 5.87. The van der Waals surface area contributed by atoms with Crippen LogP contribution in [0.3, 0.4) is 0 Å². The van der Waals surface area contributed by atoms with E-state index < -0.39 is 0 Å². The van der Waals surface area contributed by atoms with E-state index in [2.05, 4.69) is 9.88 Å². The van der Waals surface area contributed by atoms with Gasteiger partial charge in [-0.2, -0.15) is 0 Å². The Balaban J connectivity index is 2.00. The van der Waals surface area contributed by atoms with Gasteiger partial charge in [-0.3, -0.25) is 0 Å². The second-order valence-corrected chi connectivity index (χ2v) is 4.90. The molecule has 0 spiro atoms. The Labute approximate surface area is 107 Å². The highest BCUT2D eigenvalue weighted by atomic mass is 35.5. The summed E-state index contributed by atoms with van der Waals surface area (Å²) in [6, 6.07) is 3.51. The molecule has 4 nitrogen and oxygen atoms in total. The predicted octanol–water partition coefficient (Wildman–Crippen LogP) is 2.18. The lowest BCUT2D eigenvalue weighted by Gasteiger charge is -2.27. The van der Waals surface area contributed by atoms with Gasteiger partial charge in [-0.15, -0.1) is 0 Å². The molecule has 2 rings (SSSR count). The maximum atomic E-state index is 5.90. The fraction of sp³-hybridized carbons (Fsp3) is 0.583. The summed E-state index contributed by atoms with van der Waals surface area (Å²) in [7, 11) is 2.02. The van der Waals surface area contributed by atoms with Gasteiger partial charge in [0.05, 0.1) is 0 Å². The van der Waals surface area contributed by atoms with E-state index in [1.54, 1.807) is 6.07 Å². The number of pyridine rings is 1. The number of anilines is 2. The Bertz CT molecular complexity index is 360. The topological polar surface area (TPSA) is 51.4 Å². The van der Waals surface area contributed by atoms with Gasteiger partial charge in [0.1, 0.15) is 11.0 Å². The van der Waals surface area contributed by atoms with Crippen molar-refractivity contribution in [3.05, 3.63) is 17.3 Å². The summed E-state index contributed by atoms with van der Waals surface area (Å²) in [4.78, 5) is 6.39. The number of aromatic nitrogens is 1. The molecule has 17 heavy (non-hydrogen) atoms. The Hall–Kier alpha value is -1.00. The van der Waals surface area contributed by atoms with E-state index in [9.17, 15) is 0 Å². The molecule has 1 aliphatic rings. The molecular formula is C12H18ClN3O. The van der Waals surface area contributed by atoms with Gasteiger partial charge in [-0.25, -0.2) is 4.98 Å². The molecule has 0 bridgehead atoms. The second-order valence-electron chi connectivity index (χ2n) is 4.52. The second kappa shape index (κ2) is 5.56. The third-order valence-electron chi connectivity index (χ3n) is 3.07. The third kappa shape index (κ3) is 3.48. The van der Waals surface area contributed by atoms with Gasteiger partial charge in [0.15, 0.2) is 0 Å². The fourth-order valence-electron chi connectivity index (χ4n) is 2.11. The number of ether oxygens (including phenoxy) is 1. The van der Waals surface area contributed by atoms with E-state index in [-0.39, 0.29) is 0 Å². The lowest BCUT2D eigenvalue weighted by molar-refractivity contribution is 0.0685. The van der Waals surface area contributed by atoms with Crippen molar-refractivity contribution in [2.75, 3.05) is 37.4 Å². The monoisotopic (exact) mass is 255 g/mol. The van der Waals surface area contributed by atoms with E-state index >= 15 is 0 Å². The number of nitrogens with zero attached hydrogens (tertiary/aromatic N) is 2. The number of hydrogen-bond donors (Lipinski definition) is 1. The van der Waals surface area contributed by atoms with Gasteiger partial charge in [0.2, 0.25) is 0 Å². The van der Waals surface area contributed by atoms with Crippen LogP contribution in [0.15, 0.2) is 12.1 Å². The van der Waals surface area contributed by atoms with Crippen LogP contribution < -0.4 is 10.6 Å². The fourth-order valence-corrected chi connectivity index (χ4v) is 2.32. The van der Waals surface area contributed by atoms with Crippen molar-refractivity contribution in [3.8, 4) is 0 Å². The van der Waals surface area contributed by atoms with Gasteiger partial charge in [0, 0.05) is 38.6 Å². The van der Waals surface area contributed by atoms with Gasteiger partial charge >= 0.3 is 0 Å². The van der Waals surface area contributed by atoms with Crippen molar-refractivity contribution in [1.29, 1.82) is 0 Å². The van der Waals surface area contributed by atoms with Gasteiger partial charge < -0.3 is 15.4 Å². The minimum atomic E-state index is 0.443. The van der Waals surface area contributed by atoms with Crippen molar-refractivity contribution in [1.82, 2.24) is 4.98 Å². The number of nitrogens with two attached hydrogens (primary N) is 1. The smallest absolute Gasteiger partial charge is 0.133 e. The summed E-state index contributed by atoms with van der Waals surface area (Å²) < 4.78 is 5.35. The Morgan fingerprint density at radius 2 is 2.18 bits per heavy atom. The van der Waals surface area contributed by atoms with Crippen LogP contribution in [0, 0.1) is 5.92 Å². The molecule has 1 saturated heterocycles. The quantitative estimate of drug-likeness (QED) is 0.842. The minimum absolute atomic E-state index is 0.443. The van der Waals surface area contributed by atoms with Crippen LogP contribution in [-0.4, -0.2) is 31.8 Å². The summed E-state index contributed by atoms with van der Waals surface area (Å²) in [5.74, 6) is 1.50. The summed E-state index contributed by atoms with van der Waals surface area (Å²) >= 11 is 5.90. The van der Waals surface area contributed by atoms with Gasteiger partial charge in [-0.05, 0) is 24.8 Å². The van der Waals surface area contributed by atoms with Crippen molar-refractivity contribution >= 4 is 23.1 Å². The van der Waals surface area contributed by atoms with Crippen LogP contribution in [0.1, 0.15) is 12.8 Å². The molecule has 0 amide bonds. The molecule has 0 aliphatic carbocycles. The average Bonchev–Trinajstić information content (AvgIpc) is 2.29. The first-order valence-corrected chi connectivity index (χ1v) is 6.25.